The highest BCUT2D eigenvalue weighted by Crippen LogP contribution is 2.20. The minimum atomic E-state index is -0.528. The SMILES string of the molecule is CCc1c2c(=O)[nH]c(=O)c2cc2c(=O)[nH]c(=O)c12. The zero-order valence-electron chi connectivity index (χ0n) is 9.42. The molecule has 2 aromatic heterocycles. The number of aromatic amines is 2. The summed E-state index contributed by atoms with van der Waals surface area (Å²) in [5.41, 5.74) is -1.63. The van der Waals surface area contributed by atoms with Crippen LogP contribution in [0.4, 0.5) is 0 Å². The molecule has 3 aromatic rings. The smallest absolute Gasteiger partial charge is 0.259 e. The van der Waals surface area contributed by atoms with Crippen LogP contribution in [0, 0.1) is 0 Å². The molecule has 0 unspecified atom stereocenters. The third-order valence-electron chi connectivity index (χ3n) is 3.18. The second-order valence-electron chi connectivity index (χ2n) is 4.12. The number of nitrogens with one attached hydrogen (secondary N) is 2. The highest BCUT2D eigenvalue weighted by atomic mass is 16.2. The van der Waals surface area contributed by atoms with Gasteiger partial charge in [-0.2, -0.15) is 0 Å². The van der Waals surface area contributed by atoms with E-state index in [-0.39, 0.29) is 21.5 Å². The van der Waals surface area contributed by atoms with Crippen molar-refractivity contribution in [3.8, 4) is 0 Å². The number of aryl methyl sites for hydroxylation is 1. The number of rotatable bonds is 1. The van der Waals surface area contributed by atoms with Crippen molar-refractivity contribution in [3.63, 3.8) is 0 Å². The van der Waals surface area contributed by atoms with Crippen LogP contribution in [0.15, 0.2) is 25.2 Å². The minimum Gasteiger partial charge on any atom is -0.288 e. The molecule has 2 N–H and O–H groups in total. The molecule has 18 heavy (non-hydrogen) atoms. The van der Waals surface area contributed by atoms with Crippen molar-refractivity contribution in [2.45, 2.75) is 13.3 Å². The van der Waals surface area contributed by atoms with Gasteiger partial charge in [0.05, 0.1) is 21.5 Å². The summed E-state index contributed by atoms with van der Waals surface area (Å²) in [6, 6.07) is 1.31. The van der Waals surface area contributed by atoms with Crippen molar-refractivity contribution >= 4 is 21.5 Å². The van der Waals surface area contributed by atoms with Crippen LogP contribution < -0.4 is 22.2 Å². The molecule has 90 valence electrons. The van der Waals surface area contributed by atoms with Gasteiger partial charge in [0.25, 0.3) is 22.2 Å². The Morgan fingerprint density at radius 1 is 0.833 bits per heavy atom. The van der Waals surface area contributed by atoms with Crippen molar-refractivity contribution in [2.24, 2.45) is 0 Å². The monoisotopic (exact) mass is 244 g/mol. The molecule has 6 heteroatoms. The maximum Gasteiger partial charge on any atom is 0.259 e. The van der Waals surface area contributed by atoms with E-state index >= 15 is 0 Å². The van der Waals surface area contributed by atoms with Crippen LogP contribution in [0.1, 0.15) is 12.5 Å². The molecule has 0 aliphatic carbocycles. The van der Waals surface area contributed by atoms with Crippen molar-refractivity contribution in [1.82, 2.24) is 9.97 Å². The lowest BCUT2D eigenvalue weighted by Crippen LogP contribution is -2.08. The lowest BCUT2D eigenvalue weighted by molar-refractivity contribution is 1.16. The van der Waals surface area contributed by atoms with Crippen LogP contribution in [0.2, 0.25) is 0 Å². The average molecular weight is 244 g/mol. The molecular weight excluding hydrogens is 236 g/mol. The first-order valence-electron chi connectivity index (χ1n) is 5.45. The summed E-state index contributed by atoms with van der Waals surface area (Å²) < 4.78 is 0. The molecule has 2 heterocycles. The molecule has 0 aliphatic heterocycles. The Balaban J connectivity index is 2.84. The normalized spacial score (nSPS) is 11.6. The van der Waals surface area contributed by atoms with E-state index in [1.165, 1.54) is 6.07 Å². The number of benzene rings is 1. The van der Waals surface area contributed by atoms with E-state index in [2.05, 4.69) is 9.97 Å². The van der Waals surface area contributed by atoms with E-state index in [9.17, 15) is 19.2 Å². The first-order chi connectivity index (χ1) is 8.54. The number of hydrogen-bond donors (Lipinski definition) is 2. The van der Waals surface area contributed by atoms with E-state index in [0.29, 0.717) is 12.0 Å². The molecule has 0 fully saturated rings. The van der Waals surface area contributed by atoms with Crippen LogP contribution in [-0.2, 0) is 6.42 Å². The number of fused-ring (bicyclic) bond motifs is 2. The largest absolute Gasteiger partial charge is 0.288 e. The van der Waals surface area contributed by atoms with Gasteiger partial charge in [-0.1, -0.05) is 6.92 Å². The van der Waals surface area contributed by atoms with Crippen LogP contribution in [-0.4, -0.2) is 9.97 Å². The molecule has 1 aromatic carbocycles. The van der Waals surface area contributed by atoms with E-state index in [4.69, 9.17) is 0 Å². The standard InChI is InChI=1S/C12H8N2O4/c1-2-4-7-5(9(15)13-11(7)17)3-6-8(4)12(18)14-10(6)16/h3H,2H2,1H3,(H,13,15,17)(H,14,16,18). The Hall–Kier alpha value is -2.50. The Morgan fingerprint density at radius 2 is 1.28 bits per heavy atom. The van der Waals surface area contributed by atoms with Crippen LogP contribution >= 0.6 is 0 Å². The summed E-state index contributed by atoms with van der Waals surface area (Å²) in [6.45, 7) is 1.77. The van der Waals surface area contributed by atoms with Gasteiger partial charge in [0, 0.05) is 0 Å². The number of hydrogen-bond acceptors (Lipinski definition) is 4. The fourth-order valence-electron chi connectivity index (χ4n) is 2.44. The fourth-order valence-corrected chi connectivity index (χ4v) is 2.44. The molecule has 0 bridgehead atoms. The van der Waals surface area contributed by atoms with Gasteiger partial charge < -0.3 is 0 Å². The maximum absolute atomic E-state index is 11.7. The lowest BCUT2D eigenvalue weighted by Gasteiger charge is -1.99. The Kier molecular flexibility index (Phi) is 1.92. The molecule has 0 saturated carbocycles. The second kappa shape index (κ2) is 3.25. The van der Waals surface area contributed by atoms with E-state index in [1.54, 1.807) is 6.92 Å². The van der Waals surface area contributed by atoms with Gasteiger partial charge in [0.1, 0.15) is 0 Å². The zero-order chi connectivity index (χ0) is 13.0. The van der Waals surface area contributed by atoms with Crippen molar-refractivity contribution in [1.29, 1.82) is 0 Å². The van der Waals surface area contributed by atoms with Gasteiger partial charge >= 0.3 is 0 Å². The quantitative estimate of drug-likeness (QED) is 0.604. The van der Waals surface area contributed by atoms with Crippen molar-refractivity contribution < 1.29 is 0 Å². The summed E-state index contributed by atoms with van der Waals surface area (Å²) in [7, 11) is 0. The molecule has 0 radical (unpaired) electrons. The molecule has 0 amide bonds. The highest BCUT2D eigenvalue weighted by Gasteiger charge is 2.18. The molecule has 0 saturated heterocycles. The highest BCUT2D eigenvalue weighted by molar-refractivity contribution is 6.01. The molecule has 0 atom stereocenters. The second-order valence-corrected chi connectivity index (χ2v) is 4.12. The fraction of sp³-hybridized carbons (Fsp3) is 0.167. The van der Waals surface area contributed by atoms with Gasteiger partial charge in [-0.3, -0.25) is 29.1 Å². The van der Waals surface area contributed by atoms with Gasteiger partial charge in [0.2, 0.25) is 0 Å². The summed E-state index contributed by atoms with van der Waals surface area (Å²) >= 11 is 0. The van der Waals surface area contributed by atoms with E-state index in [0.717, 1.165) is 0 Å². The topological polar surface area (TPSA) is 99.9 Å². The van der Waals surface area contributed by atoms with Crippen LogP contribution in [0.25, 0.3) is 21.5 Å². The first kappa shape index (κ1) is 10.6. The number of aromatic nitrogens is 2. The Bertz CT molecular complexity index is 907. The Labute approximate surface area is 98.6 Å². The lowest BCUT2D eigenvalue weighted by atomic mass is 10.0. The summed E-state index contributed by atoms with van der Waals surface area (Å²) in [5.74, 6) is 0. The van der Waals surface area contributed by atoms with Crippen LogP contribution in [0.5, 0.6) is 0 Å². The predicted molar refractivity (Wildman–Crippen MR) is 67.0 cm³/mol. The summed E-state index contributed by atoms with van der Waals surface area (Å²) in [6.07, 6.45) is 0.396. The first-order valence-corrected chi connectivity index (χ1v) is 5.45. The van der Waals surface area contributed by atoms with Crippen molar-refractivity contribution in [2.75, 3.05) is 0 Å². The Morgan fingerprint density at radius 3 is 1.67 bits per heavy atom. The molecule has 6 nitrogen and oxygen atoms in total. The van der Waals surface area contributed by atoms with Crippen molar-refractivity contribution in [3.05, 3.63) is 53.0 Å². The van der Waals surface area contributed by atoms with Gasteiger partial charge in [-0.05, 0) is 18.1 Å². The third kappa shape index (κ3) is 1.11. The predicted octanol–water partition coefficient (Wildman–Crippen LogP) is -0.472. The third-order valence-corrected chi connectivity index (χ3v) is 3.18. The molecule has 3 rings (SSSR count). The average Bonchev–Trinajstić information content (AvgIpc) is 2.77. The molecular formula is C12H8N2O4. The van der Waals surface area contributed by atoms with Gasteiger partial charge in [-0.25, -0.2) is 0 Å². The van der Waals surface area contributed by atoms with Crippen LogP contribution in [0.3, 0.4) is 0 Å². The minimum absolute atomic E-state index is 0.167. The van der Waals surface area contributed by atoms with Gasteiger partial charge in [0.15, 0.2) is 0 Å². The van der Waals surface area contributed by atoms with Gasteiger partial charge in [-0.15, -0.1) is 0 Å². The zero-order valence-corrected chi connectivity index (χ0v) is 9.42. The van der Waals surface area contributed by atoms with E-state index in [1.807, 2.05) is 0 Å². The number of H-pyrrole nitrogens is 2. The summed E-state index contributed by atoms with van der Waals surface area (Å²) in [4.78, 5) is 50.9. The van der Waals surface area contributed by atoms with E-state index < -0.39 is 22.2 Å². The molecule has 0 spiro atoms. The summed E-state index contributed by atoms with van der Waals surface area (Å²) in [5, 5.41) is 0.762. The molecule has 0 aliphatic rings. The maximum atomic E-state index is 11.7.